The minimum Gasteiger partial charge on any atom is -0.394 e. The number of hydrogen-bond donors (Lipinski definition) is 2. The van der Waals surface area contributed by atoms with E-state index >= 15 is 0 Å². The normalized spacial score (nSPS) is 19.7. The Morgan fingerprint density at radius 2 is 2.44 bits per heavy atom. The van der Waals surface area contributed by atoms with Crippen LogP contribution in [0.1, 0.15) is 29.3 Å². The molecule has 1 heterocycles. The van der Waals surface area contributed by atoms with Crippen LogP contribution in [0.25, 0.3) is 0 Å². The van der Waals surface area contributed by atoms with Gasteiger partial charge in [-0.15, -0.1) is 11.3 Å². The molecule has 1 unspecified atom stereocenters. The van der Waals surface area contributed by atoms with E-state index in [9.17, 15) is 0 Å². The summed E-state index contributed by atoms with van der Waals surface area (Å²) < 4.78 is 5.23. The van der Waals surface area contributed by atoms with E-state index in [1.54, 1.807) is 4.88 Å². The van der Waals surface area contributed by atoms with E-state index in [0.717, 1.165) is 6.54 Å². The van der Waals surface area contributed by atoms with Crippen molar-refractivity contribution in [2.45, 2.75) is 25.3 Å². The lowest BCUT2D eigenvalue weighted by Crippen LogP contribution is -2.27. The van der Waals surface area contributed by atoms with E-state index in [0.29, 0.717) is 19.3 Å². The van der Waals surface area contributed by atoms with Crippen molar-refractivity contribution in [3.8, 4) is 0 Å². The van der Waals surface area contributed by atoms with Crippen LogP contribution in [-0.2, 0) is 11.2 Å². The second-order valence-corrected chi connectivity index (χ2v) is 5.03. The molecule has 2 rings (SSSR count). The number of aryl methyl sites for hydroxylation is 1. The van der Waals surface area contributed by atoms with Gasteiger partial charge in [-0.25, -0.2) is 0 Å². The molecule has 1 aromatic rings. The smallest absolute Gasteiger partial charge is 0.0698 e. The second kappa shape index (κ2) is 6.35. The maximum Gasteiger partial charge on any atom is 0.0698 e. The zero-order valence-corrected chi connectivity index (χ0v) is 10.3. The lowest BCUT2D eigenvalue weighted by molar-refractivity contribution is 0.0922. The molecule has 1 aliphatic rings. The predicted molar refractivity (Wildman–Crippen MR) is 65.9 cm³/mol. The third-order valence-corrected chi connectivity index (χ3v) is 3.92. The third kappa shape index (κ3) is 3.04. The summed E-state index contributed by atoms with van der Waals surface area (Å²) in [5.41, 5.74) is 1.48. The molecular formula is C12H19NO2S. The van der Waals surface area contributed by atoms with Crippen molar-refractivity contribution in [1.29, 1.82) is 0 Å². The molecule has 1 atom stereocenters. The first kappa shape index (κ1) is 12.0. The van der Waals surface area contributed by atoms with Gasteiger partial charge in [-0.1, -0.05) is 0 Å². The first-order chi connectivity index (χ1) is 7.92. The summed E-state index contributed by atoms with van der Waals surface area (Å²) in [4.78, 5) is 1.54. The largest absolute Gasteiger partial charge is 0.394 e. The number of aliphatic hydroxyl groups is 1. The van der Waals surface area contributed by atoms with Crippen LogP contribution in [0, 0.1) is 0 Å². The van der Waals surface area contributed by atoms with Gasteiger partial charge in [-0.2, -0.15) is 0 Å². The highest BCUT2D eigenvalue weighted by Gasteiger charge is 2.20. The van der Waals surface area contributed by atoms with Gasteiger partial charge in [0.25, 0.3) is 0 Å². The van der Waals surface area contributed by atoms with Gasteiger partial charge in [0.1, 0.15) is 0 Å². The Morgan fingerprint density at radius 3 is 3.31 bits per heavy atom. The van der Waals surface area contributed by atoms with Crippen LogP contribution in [-0.4, -0.2) is 31.5 Å². The topological polar surface area (TPSA) is 41.5 Å². The number of thiophene rings is 1. The van der Waals surface area contributed by atoms with Crippen molar-refractivity contribution >= 4 is 11.3 Å². The molecule has 2 N–H and O–H groups in total. The molecule has 3 nitrogen and oxygen atoms in total. The standard InChI is InChI=1S/C12H19NO2S/c14-6-8-15-7-5-13-11-2-1-3-12-10(11)4-9-16-12/h4,9,11,13-14H,1-3,5-8H2. The first-order valence-corrected chi connectivity index (χ1v) is 6.78. The second-order valence-electron chi connectivity index (χ2n) is 4.03. The van der Waals surface area contributed by atoms with E-state index in [-0.39, 0.29) is 6.61 Å². The van der Waals surface area contributed by atoms with E-state index in [1.807, 2.05) is 11.3 Å². The Hall–Kier alpha value is -0.420. The van der Waals surface area contributed by atoms with Crippen molar-refractivity contribution in [1.82, 2.24) is 5.32 Å². The number of aliphatic hydroxyl groups excluding tert-OH is 1. The minimum atomic E-state index is 0.109. The van der Waals surface area contributed by atoms with Gasteiger partial charge in [0.05, 0.1) is 19.8 Å². The fourth-order valence-electron chi connectivity index (χ4n) is 2.17. The highest BCUT2D eigenvalue weighted by atomic mass is 32.1. The van der Waals surface area contributed by atoms with Crippen LogP contribution < -0.4 is 5.32 Å². The van der Waals surface area contributed by atoms with Gasteiger partial charge in [0.2, 0.25) is 0 Å². The number of rotatable bonds is 6. The molecule has 1 aromatic heterocycles. The fourth-order valence-corrected chi connectivity index (χ4v) is 3.16. The molecule has 0 spiro atoms. The van der Waals surface area contributed by atoms with Gasteiger partial charge < -0.3 is 15.2 Å². The molecular weight excluding hydrogens is 222 g/mol. The SMILES string of the molecule is OCCOCCNC1CCCc2sccc21. The molecule has 90 valence electrons. The molecule has 0 amide bonds. The van der Waals surface area contributed by atoms with Crippen LogP contribution in [0.3, 0.4) is 0 Å². The van der Waals surface area contributed by atoms with Crippen molar-refractivity contribution < 1.29 is 9.84 Å². The van der Waals surface area contributed by atoms with Gasteiger partial charge in [-0.3, -0.25) is 0 Å². The maximum atomic E-state index is 8.57. The van der Waals surface area contributed by atoms with E-state index < -0.39 is 0 Å². The highest BCUT2D eigenvalue weighted by molar-refractivity contribution is 7.10. The minimum absolute atomic E-state index is 0.109. The molecule has 0 fully saturated rings. The van der Waals surface area contributed by atoms with E-state index in [2.05, 4.69) is 16.8 Å². The monoisotopic (exact) mass is 241 g/mol. The summed E-state index contributed by atoms with van der Waals surface area (Å²) in [6.07, 6.45) is 3.75. The third-order valence-electron chi connectivity index (χ3n) is 2.92. The molecule has 1 aliphatic carbocycles. The summed E-state index contributed by atoms with van der Waals surface area (Å²) in [7, 11) is 0. The Bertz CT molecular complexity index is 314. The number of ether oxygens (including phenoxy) is 1. The van der Waals surface area contributed by atoms with E-state index in [4.69, 9.17) is 9.84 Å². The number of hydrogen-bond acceptors (Lipinski definition) is 4. The van der Waals surface area contributed by atoms with E-state index in [1.165, 1.54) is 24.8 Å². The maximum absolute atomic E-state index is 8.57. The first-order valence-electron chi connectivity index (χ1n) is 5.90. The lowest BCUT2D eigenvalue weighted by atomic mass is 9.94. The number of nitrogens with one attached hydrogen (secondary N) is 1. The molecule has 0 saturated carbocycles. The molecule has 0 aliphatic heterocycles. The molecule has 0 radical (unpaired) electrons. The molecule has 0 aromatic carbocycles. The fraction of sp³-hybridized carbons (Fsp3) is 0.667. The Balaban J connectivity index is 1.75. The predicted octanol–water partition coefficient (Wildman–Crippen LogP) is 1.72. The zero-order chi connectivity index (χ0) is 11.2. The average Bonchev–Trinajstić information content (AvgIpc) is 2.77. The highest BCUT2D eigenvalue weighted by Crippen LogP contribution is 2.32. The molecule has 0 saturated heterocycles. The lowest BCUT2D eigenvalue weighted by Gasteiger charge is -2.23. The zero-order valence-electron chi connectivity index (χ0n) is 9.45. The van der Waals surface area contributed by atoms with Gasteiger partial charge in [0, 0.05) is 17.5 Å². The Morgan fingerprint density at radius 1 is 1.50 bits per heavy atom. The van der Waals surface area contributed by atoms with Crippen molar-refractivity contribution in [2.24, 2.45) is 0 Å². The summed E-state index contributed by atoms with van der Waals surface area (Å²) in [6, 6.07) is 2.75. The molecule has 16 heavy (non-hydrogen) atoms. The Kier molecular flexibility index (Phi) is 4.78. The van der Waals surface area contributed by atoms with Crippen molar-refractivity contribution in [2.75, 3.05) is 26.4 Å². The quantitative estimate of drug-likeness (QED) is 0.745. The van der Waals surface area contributed by atoms with Crippen LogP contribution in [0.4, 0.5) is 0 Å². The van der Waals surface area contributed by atoms with Crippen LogP contribution >= 0.6 is 11.3 Å². The number of fused-ring (bicyclic) bond motifs is 1. The van der Waals surface area contributed by atoms with Gasteiger partial charge in [-0.05, 0) is 36.3 Å². The van der Waals surface area contributed by atoms with Crippen LogP contribution in [0.2, 0.25) is 0 Å². The summed E-state index contributed by atoms with van der Waals surface area (Å²) in [5, 5.41) is 14.3. The van der Waals surface area contributed by atoms with Crippen LogP contribution in [0.5, 0.6) is 0 Å². The van der Waals surface area contributed by atoms with Crippen molar-refractivity contribution in [3.63, 3.8) is 0 Å². The summed E-state index contributed by atoms with van der Waals surface area (Å²) in [5.74, 6) is 0. The summed E-state index contributed by atoms with van der Waals surface area (Å²) >= 11 is 1.87. The Labute approximate surface area is 100 Å². The summed E-state index contributed by atoms with van der Waals surface area (Å²) in [6.45, 7) is 2.09. The van der Waals surface area contributed by atoms with Gasteiger partial charge >= 0.3 is 0 Å². The molecule has 0 bridgehead atoms. The van der Waals surface area contributed by atoms with Crippen molar-refractivity contribution in [3.05, 3.63) is 21.9 Å². The van der Waals surface area contributed by atoms with Crippen LogP contribution in [0.15, 0.2) is 11.4 Å². The van der Waals surface area contributed by atoms with Gasteiger partial charge in [0.15, 0.2) is 0 Å². The molecule has 4 heteroatoms. The average molecular weight is 241 g/mol.